The highest BCUT2D eigenvalue weighted by Crippen LogP contribution is 2.23. The van der Waals surface area contributed by atoms with E-state index in [9.17, 15) is 0 Å². The van der Waals surface area contributed by atoms with Crippen LogP contribution in [0.3, 0.4) is 0 Å². The second-order valence-electron chi connectivity index (χ2n) is 5.14. The third-order valence-electron chi connectivity index (χ3n) is 3.44. The lowest BCUT2D eigenvalue weighted by atomic mass is 9.96. The van der Waals surface area contributed by atoms with E-state index in [1.807, 2.05) is 0 Å². The van der Waals surface area contributed by atoms with E-state index in [0.717, 1.165) is 38.3 Å². The summed E-state index contributed by atoms with van der Waals surface area (Å²) in [6.07, 6.45) is 2.68. The molecule has 1 aliphatic rings. The van der Waals surface area contributed by atoms with Crippen LogP contribution >= 0.6 is 0 Å². The van der Waals surface area contributed by atoms with E-state index in [0.29, 0.717) is 6.10 Å². The van der Waals surface area contributed by atoms with Gasteiger partial charge in [0.1, 0.15) is 19.7 Å². The van der Waals surface area contributed by atoms with Gasteiger partial charge < -0.3 is 10.5 Å². The highest BCUT2D eigenvalue weighted by molar-refractivity contribution is 6.08. The average Bonchev–Trinajstić information content (AvgIpc) is 2.29. The van der Waals surface area contributed by atoms with E-state index in [1.165, 1.54) is 17.4 Å². The van der Waals surface area contributed by atoms with Gasteiger partial charge in [-0.2, -0.15) is 0 Å². The summed E-state index contributed by atoms with van der Waals surface area (Å²) in [6, 6.07) is 6.54. The molecule has 0 unspecified atom stereocenters. The minimum atomic E-state index is 0.340. The van der Waals surface area contributed by atoms with Gasteiger partial charge in [0.2, 0.25) is 0 Å². The predicted octanol–water partition coefficient (Wildman–Crippen LogP) is 0.611. The van der Waals surface area contributed by atoms with Gasteiger partial charge in [-0.25, -0.2) is 0 Å². The fourth-order valence-corrected chi connectivity index (χ4v) is 2.43. The summed E-state index contributed by atoms with van der Waals surface area (Å²) >= 11 is 0. The molecular formula is C14H23BN2O. The minimum Gasteiger partial charge on any atom is -0.487 e. The van der Waals surface area contributed by atoms with Gasteiger partial charge >= 0.3 is 0 Å². The number of nitrogens with zero attached hydrogens (tertiary/aromatic N) is 1. The fraction of sp³-hybridized carbons (Fsp3) is 0.571. The molecule has 0 radical (unpaired) electrons. The Hall–Kier alpha value is -0.995. The molecule has 0 aliphatic carbocycles. The first-order chi connectivity index (χ1) is 8.72. The summed E-state index contributed by atoms with van der Waals surface area (Å²) < 4.78 is 6.01. The Kier molecular flexibility index (Phi) is 4.67. The van der Waals surface area contributed by atoms with Crippen molar-refractivity contribution in [2.45, 2.75) is 25.8 Å². The summed E-state index contributed by atoms with van der Waals surface area (Å²) in [5, 5.41) is 0. The summed E-state index contributed by atoms with van der Waals surface area (Å²) in [5.74, 6) is 1.03. The first kappa shape index (κ1) is 13.4. The highest BCUT2D eigenvalue weighted by Gasteiger charge is 2.27. The Morgan fingerprint density at radius 3 is 2.83 bits per heavy atom. The minimum absolute atomic E-state index is 0.340. The first-order valence-electron chi connectivity index (χ1n) is 6.91. The van der Waals surface area contributed by atoms with E-state index in [-0.39, 0.29) is 0 Å². The number of aryl methyl sites for hydroxylation is 2. The molecule has 0 bridgehead atoms. The maximum Gasteiger partial charge on any atom is 0.124 e. The molecule has 1 aromatic rings. The molecule has 0 spiro atoms. The van der Waals surface area contributed by atoms with Gasteiger partial charge in [0.25, 0.3) is 0 Å². The standard InChI is InChI=1S/C14H23BN2O/c1-11-8-12(4-5-15)2-3-14(11)18-13-9-17(10-13)7-6-16/h2-3,8,13H,4-7,9-10,15-16H2,1H3. The Balaban J connectivity index is 1.87. The molecular weight excluding hydrogens is 223 g/mol. The number of ether oxygens (including phenoxy) is 1. The number of hydrogen-bond acceptors (Lipinski definition) is 3. The highest BCUT2D eigenvalue weighted by atomic mass is 16.5. The Bertz CT molecular complexity index is 391. The number of rotatable bonds is 6. The molecule has 1 aliphatic heterocycles. The molecule has 2 N–H and O–H groups in total. The molecule has 18 heavy (non-hydrogen) atoms. The van der Waals surface area contributed by atoms with Gasteiger partial charge in [0.05, 0.1) is 0 Å². The smallest absolute Gasteiger partial charge is 0.124 e. The molecule has 3 nitrogen and oxygen atoms in total. The summed E-state index contributed by atoms with van der Waals surface area (Å²) in [7, 11) is 2.21. The van der Waals surface area contributed by atoms with Crippen molar-refractivity contribution in [3.63, 3.8) is 0 Å². The molecule has 0 saturated carbocycles. The van der Waals surface area contributed by atoms with E-state index < -0.39 is 0 Å². The summed E-state index contributed by atoms with van der Waals surface area (Å²) in [4.78, 5) is 2.32. The molecule has 98 valence electrons. The third kappa shape index (κ3) is 3.27. The lowest BCUT2D eigenvalue weighted by Crippen LogP contribution is -2.55. The van der Waals surface area contributed by atoms with Crippen LogP contribution in [0, 0.1) is 6.92 Å². The summed E-state index contributed by atoms with van der Waals surface area (Å²) in [5.41, 5.74) is 8.18. The van der Waals surface area contributed by atoms with Crippen molar-refractivity contribution in [1.29, 1.82) is 0 Å². The van der Waals surface area contributed by atoms with Gasteiger partial charge in [0, 0.05) is 26.2 Å². The van der Waals surface area contributed by atoms with Crippen molar-refractivity contribution in [2.24, 2.45) is 5.73 Å². The molecule has 1 fully saturated rings. The van der Waals surface area contributed by atoms with Crippen molar-refractivity contribution in [1.82, 2.24) is 4.90 Å². The van der Waals surface area contributed by atoms with Crippen LogP contribution in [0.5, 0.6) is 5.75 Å². The topological polar surface area (TPSA) is 38.5 Å². The molecule has 4 heteroatoms. The van der Waals surface area contributed by atoms with Crippen LogP contribution in [0.15, 0.2) is 18.2 Å². The molecule has 0 atom stereocenters. The number of benzene rings is 1. The fourth-order valence-electron chi connectivity index (χ4n) is 2.43. The van der Waals surface area contributed by atoms with E-state index in [4.69, 9.17) is 10.5 Å². The van der Waals surface area contributed by atoms with Crippen LogP contribution in [0.25, 0.3) is 0 Å². The largest absolute Gasteiger partial charge is 0.487 e. The quantitative estimate of drug-likeness (QED) is 0.747. The van der Waals surface area contributed by atoms with Crippen LogP contribution in [-0.2, 0) is 6.42 Å². The molecule has 0 amide bonds. The predicted molar refractivity (Wildman–Crippen MR) is 78.1 cm³/mol. The van der Waals surface area contributed by atoms with Gasteiger partial charge in [-0.1, -0.05) is 18.5 Å². The van der Waals surface area contributed by atoms with Crippen molar-refractivity contribution in [3.8, 4) is 5.75 Å². The molecule has 2 rings (SSSR count). The maximum atomic E-state index is 6.01. The number of hydrogen-bond donors (Lipinski definition) is 1. The zero-order valence-electron chi connectivity index (χ0n) is 11.5. The second-order valence-corrected chi connectivity index (χ2v) is 5.14. The van der Waals surface area contributed by atoms with Crippen LogP contribution in [0.2, 0.25) is 6.32 Å². The van der Waals surface area contributed by atoms with Gasteiger partial charge in [0.15, 0.2) is 0 Å². The van der Waals surface area contributed by atoms with Crippen LogP contribution in [0.1, 0.15) is 11.1 Å². The lowest BCUT2D eigenvalue weighted by Gasteiger charge is -2.39. The van der Waals surface area contributed by atoms with E-state index in [2.05, 4.69) is 37.9 Å². The lowest BCUT2D eigenvalue weighted by molar-refractivity contribution is 0.0219. The van der Waals surface area contributed by atoms with Gasteiger partial charge in [-0.3, -0.25) is 4.90 Å². The normalized spacial score (nSPS) is 16.6. The van der Waals surface area contributed by atoms with Gasteiger partial charge in [-0.15, -0.1) is 0 Å². The van der Waals surface area contributed by atoms with Gasteiger partial charge in [-0.05, 0) is 30.5 Å². The zero-order valence-corrected chi connectivity index (χ0v) is 11.5. The van der Waals surface area contributed by atoms with E-state index >= 15 is 0 Å². The van der Waals surface area contributed by atoms with Crippen LogP contribution < -0.4 is 10.5 Å². The third-order valence-corrected chi connectivity index (χ3v) is 3.44. The van der Waals surface area contributed by atoms with E-state index in [1.54, 1.807) is 0 Å². The first-order valence-corrected chi connectivity index (χ1v) is 6.91. The second kappa shape index (κ2) is 6.25. The Morgan fingerprint density at radius 2 is 2.22 bits per heavy atom. The van der Waals surface area contributed by atoms with Crippen molar-refractivity contribution in [2.75, 3.05) is 26.2 Å². The molecule has 1 heterocycles. The van der Waals surface area contributed by atoms with Crippen LogP contribution in [0.4, 0.5) is 0 Å². The monoisotopic (exact) mass is 246 g/mol. The molecule has 1 saturated heterocycles. The Morgan fingerprint density at radius 1 is 1.44 bits per heavy atom. The Labute approximate surface area is 111 Å². The SMILES string of the molecule is BCCc1ccc(OC2CN(CCN)C2)c(C)c1. The average molecular weight is 246 g/mol. The molecule has 1 aromatic carbocycles. The number of likely N-dealkylation sites (tertiary alicyclic amines) is 1. The summed E-state index contributed by atoms with van der Waals surface area (Å²) in [6.45, 7) is 5.86. The van der Waals surface area contributed by atoms with Crippen molar-refractivity contribution in [3.05, 3.63) is 29.3 Å². The zero-order chi connectivity index (χ0) is 13.0. The maximum absolute atomic E-state index is 6.01. The number of nitrogens with two attached hydrogens (primary N) is 1. The van der Waals surface area contributed by atoms with Crippen LogP contribution in [-0.4, -0.2) is 45.0 Å². The van der Waals surface area contributed by atoms with Crippen molar-refractivity contribution < 1.29 is 4.74 Å². The molecule has 0 aromatic heterocycles. The van der Waals surface area contributed by atoms with Crippen molar-refractivity contribution >= 4 is 7.85 Å².